The lowest BCUT2D eigenvalue weighted by Crippen LogP contribution is -2.13. The second kappa shape index (κ2) is 53.8. The third-order valence-corrected chi connectivity index (χ3v) is 22.6. The van der Waals surface area contributed by atoms with Crippen LogP contribution in [0, 0.1) is 27.7 Å². The Bertz CT molecular complexity index is 7840. The third-order valence-electron chi connectivity index (χ3n) is 19.1. The zero-order valence-electron chi connectivity index (χ0n) is 76.4. The van der Waals surface area contributed by atoms with E-state index in [1.165, 1.54) is 78.9 Å². The normalized spacial score (nSPS) is 11.6. The number of benzene rings is 12. The van der Waals surface area contributed by atoms with Crippen molar-refractivity contribution in [3.63, 3.8) is 0 Å². The van der Waals surface area contributed by atoms with Gasteiger partial charge in [0.1, 0.15) is 32.8 Å². The first kappa shape index (κ1) is 112. The van der Waals surface area contributed by atoms with Gasteiger partial charge >= 0.3 is 42.4 Å². The number of unbranched alkanes of at least 4 members (excludes halogenated alkanes) is 2. The van der Waals surface area contributed by atoms with Crippen LogP contribution >= 0.6 is 0 Å². The number of anilines is 6. The lowest BCUT2D eigenvalue weighted by atomic mass is 10.1. The van der Waals surface area contributed by atoms with Crippen LogP contribution in [-0.2, 0) is 95.7 Å². The molecule has 0 saturated carbocycles. The lowest BCUT2D eigenvalue weighted by Gasteiger charge is -2.13. The molecule has 14 aromatic rings. The Morgan fingerprint density at radius 2 is 0.490 bits per heavy atom. The second-order valence-corrected chi connectivity index (χ2v) is 37.1. The topological polar surface area (TPSA) is 746 Å². The molecule has 0 aliphatic heterocycles. The minimum absolute atomic E-state index is 0.114. The van der Waals surface area contributed by atoms with Crippen LogP contribution < -0.4 is 21.3 Å². The Kier molecular flexibility index (Phi) is 40.9. The highest BCUT2D eigenvalue weighted by Gasteiger charge is 2.22. The summed E-state index contributed by atoms with van der Waals surface area (Å²) in [5, 5.41) is 81.7. The first-order valence-electron chi connectivity index (χ1n) is 41.9. The van der Waals surface area contributed by atoms with Crippen LogP contribution in [0.2, 0.25) is 0 Å². The van der Waals surface area contributed by atoms with Gasteiger partial charge in [0.25, 0.3) is 40.5 Å². The van der Waals surface area contributed by atoms with Gasteiger partial charge in [-0.05, 0) is 287 Å². The first-order valence-corrected chi connectivity index (χ1v) is 51.7. The maximum absolute atomic E-state index is 12.6. The number of aryl methyl sites for hydroxylation is 4. The molecule has 0 unspecified atom stereocenters. The van der Waals surface area contributed by atoms with Crippen LogP contribution in [0.1, 0.15) is 64.3 Å². The van der Waals surface area contributed by atoms with E-state index in [0.717, 1.165) is 34.7 Å². The van der Waals surface area contributed by atoms with Gasteiger partial charge in [-0.3, -0.25) is 18.2 Å². The predicted molar refractivity (Wildman–Crippen MR) is 530 cm³/mol. The van der Waals surface area contributed by atoms with Crippen LogP contribution in [0.25, 0.3) is 0 Å². The molecule has 0 atom stereocenters. The predicted octanol–water partition coefficient (Wildman–Crippen LogP) is 20.9. The Morgan fingerprint density at radius 1 is 0.245 bits per heavy atom. The van der Waals surface area contributed by atoms with Crippen LogP contribution in [0.15, 0.2) is 368 Å². The van der Waals surface area contributed by atoms with Crippen molar-refractivity contribution >= 4 is 209 Å². The summed E-state index contributed by atoms with van der Waals surface area (Å²) in [6.45, 7) is 8.33. The smallest absolute Gasteiger partial charge is 0.354 e. The zero-order valence-corrected chi connectivity index (χ0v) is 82.9. The molecule has 756 valence electrons. The molecule has 50 nitrogen and oxygen atoms in total. The number of nitrogens with one attached hydrogen (secondary N) is 4. The molecule has 0 bridgehead atoms. The lowest BCUT2D eigenvalue weighted by molar-refractivity contribution is 0.481. The fourth-order valence-corrected chi connectivity index (χ4v) is 14.7. The summed E-state index contributed by atoms with van der Waals surface area (Å²) < 4.78 is 237. The summed E-state index contributed by atoms with van der Waals surface area (Å²) in [6.07, 6.45) is 2.67. The van der Waals surface area contributed by atoms with E-state index in [9.17, 15) is 51.9 Å². The fourth-order valence-electron chi connectivity index (χ4n) is 12.4. The average molecular weight is 2150 g/mol. The number of hydrogen-bond donors (Lipinski definition) is 8. The maximum Gasteiger partial charge on any atom is 0.425 e. The van der Waals surface area contributed by atoms with E-state index in [4.69, 9.17) is 80.4 Å². The quantitative estimate of drug-likeness (QED) is 0.0103. The molecule has 0 fully saturated rings. The largest absolute Gasteiger partial charge is 0.425 e. The minimum Gasteiger partial charge on any atom is -0.354 e. The van der Waals surface area contributed by atoms with E-state index >= 15 is 0 Å². The van der Waals surface area contributed by atoms with Crippen molar-refractivity contribution in [3.8, 4) is 0 Å². The number of nitrogens with zero attached hydrogens (tertiary/aromatic N) is 22. The fraction of sp³-hybridized carbons (Fsp3) is 0.124. The molecule has 0 aliphatic carbocycles. The molecule has 2 aromatic heterocycles. The summed E-state index contributed by atoms with van der Waals surface area (Å²) in [7, 11) is -30.7. The van der Waals surface area contributed by atoms with Gasteiger partial charge in [-0.1, -0.05) is 60.7 Å². The van der Waals surface area contributed by atoms with Crippen molar-refractivity contribution in [2.24, 2.45) is 81.8 Å². The van der Waals surface area contributed by atoms with Crippen molar-refractivity contribution in [2.75, 3.05) is 34.4 Å². The van der Waals surface area contributed by atoms with Gasteiger partial charge in [-0.25, -0.2) is 4.98 Å². The molecule has 8 N–H and O–H groups in total. The Balaban J connectivity index is 0.00000129. The van der Waals surface area contributed by atoms with Gasteiger partial charge in [0.2, 0.25) is 23.8 Å². The summed E-state index contributed by atoms with van der Waals surface area (Å²) in [5.74, 6) is 1.87. The molecule has 2 heterocycles. The van der Waals surface area contributed by atoms with Gasteiger partial charge in [0.15, 0.2) is 0 Å². The molecule has 14 rings (SSSR count). The molecular weight excluding hydrogens is 2070 g/mol. The molecule has 0 spiro atoms. The standard InChI is InChI=1S/C89H78N26O12S4.4O3S/c1-56-48-60(18-40-76(56)110-106-66-24-20-64(21-25-66)102-104-68-28-36-74(37-29-68)128(116,117)118)52-84-94-85(53-61-19-41-77(57(2)49-61)112-114-80-44-34-72(54-82(80)130(122,123)124)108-100-62-14-8-5-9-15-62)96-86(95-84)90-46-12-7-13-47-91-87-97-88(92-70-32-42-78(58(3)50-70)111-107-67-26-22-65(23-27-67)103-105-69-30-38-75(39-31-69)129(119,120)121)99-89(98-87)93-71-33-43-79(59(4)51-71)113-115-81-45-35-73(55-83(81)131(125,126)127)109-101-63-16-10-6-11-17-63;4*1-4(2)3/h5-6,8-11,14-45,48-51,54-55H,7,12-13,46-47,52-53H2,1-4H3,(H,116,117,118)(H,119,120,121)(H,122,123,124)(H,125,126,127)(H,90,94,95,96)(H3,91,92,93,97,98,99);;;;. The number of hydrogen-bond acceptors (Lipinski definition) is 46. The molecule has 58 heteroatoms. The van der Waals surface area contributed by atoms with E-state index in [0.29, 0.717) is 141 Å². The number of aromatic nitrogens is 6. The molecular formula is C89H78N26O24S8. The summed E-state index contributed by atoms with van der Waals surface area (Å²) in [5.41, 5.74) is 11.8. The minimum atomic E-state index is -4.78. The average Bonchev–Trinajstić information content (AvgIpc) is 0.812. The van der Waals surface area contributed by atoms with Crippen LogP contribution in [-0.4, -0.2) is 145 Å². The van der Waals surface area contributed by atoms with Gasteiger partial charge in [-0.15, -0.1) is 60.7 Å². The van der Waals surface area contributed by atoms with Crippen molar-refractivity contribution in [3.05, 3.63) is 312 Å². The van der Waals surface area contributed by atoms with E-state index in [2.05, 4.69) is 103 Å². The van der Waals surface area contributed by atoms with Crippen molar-refractivity contribution in [2.45, 2.75) is 79.4 Å². The van der Waals surface area contributed by atoms with Crippen LogP contribution in [0.5, 0.6) is 0 Å². The Hall–Kier alpha value is -17.2. The van der Waals surface area contributed by atoms with E-state index in [-0.39, 0.29) is 56.8 Å². The van der Waals surface area contributed by atoms with Crippen molar-refractivity contribution in [1.82, 2.24) is 29.9 Å². The van der Waals surface area contributed by atoms with Crippen LogP contribution in [0.3, 0.4) is 0 Å². The van der Waals surface area contributed by atoms with E-state index in [1.807, 2.05) is 69.3 Å². The van der Waals surface area contributed by atoms with Gasteiger partial charge < -0.3 is 21.3 Å². The molecule has 0 saturated heterocycles. The summed E-state index contributed by atoms with van der Waals surface area (Å²) >= 11 is 0. The molecule has 0 amide bonds. The van der Waals surface area contributed by atoms with Crippen LogP contribution in [0.4, 0.5) is 126 Å². The van der Waals surface area contributed by atoms with Crippen molar-refractivity contribution < 1.29 is 102 Å². The van der Waals surface area contributed by atoms with Gasteiger partial charge in [0.05, 0.1) is 89.4 Å². The van der Waals surface area contributed by atoms with Crippen molar-refractivity contribution in [1.29, 1.82) is 0 Å². The highest BCUT2D eigenvalue weighted by molar-refractivity contribution is 7.86. The first-order chi connectivity index (χ1) is 69.9. The molecule has 12 aromatic carbocycles. The Labute approximate surface area is 843 Å². The number of rotatable bonds is 36. The molecule has 0 aliphatic rings. The maximum atomic E-state index is 12.6. The monoisotopic (exact) mass is 2150 g/mol. The van der Waals surface area contributed by atoms with Gasteiger partial charge in [0, 0.05) is 37.3 Å². The number of azo groups is 8. The van der Waals surface area contributed by atoms with E-state index in [1.54, 1.807) is 140 Å². The van der Waals surface area contributed by atoms with E-state index < -0.39 is 92.7 Å². The third kappa shape index (κ3) is 38.9. The molecule has 0 radical (unpaired) electrons. The molecule has 147 heavy (non-hydrogen) atoms. The SMILES string of the molecule is Cc1cc(Cc2nc(Cc3ccc(N=Nc4ccc(N=Nc5ccccc5)cc4S(=O)(=O)O)c(C)c3)nc(NCCCCCNc3nc(Nc4ccc(N=Nc5ccc(N=Nc6ccc(S(=O)(=O)O)cc6)cc5)c(C)c4)nc(Nc4ccc(N=Nc5ccc(N=Nc6ccccc6)cc5S(=O)(=O)O)c(C)c4)n3)n2)ccc1N=Nc1ccc(N=Nc2ccc(S(=O)(=O)O)cc2)cc1.O=S(=O)=O.O=S(=O)=O.O=S(=O)=O.O=S(=O)=O. The summed E-state index contributed by atoms with van der Waals surface area (Å²) in [4.78, 5) is 27.5. The summed E-state index contributed by atoms with van der Waals surface area (Å²) in [6, 6.07) is 71.9. The Morgan fingerprint density at radius 3 is 0.789 bits per heavy atom. The highest BCUT2D eigenvalue weighted by atomic mass is 32.2. The van der Waals surface area contributed by atoms with Gasteiger partial charge in [-0.2, -0.15) is 130 Å². The highest BCUT2D eigenvalue weighted by Crippen LogP contribution is 2.38. The second-order valence-electron chi connectivity index (χ2n) is 29.9. The zero-order chi connectivity index (χ0) is 106.